The number of nitrogens with one attached hydrogen (secondary N) is 1. The monoisotopic (exact) mass is 286 g/mol. The maximum absolute atomic E-state index is 13.4. The number of carbonyl (C=O) groups excluding carboxylic acids is 1. The van der Waals surface area contributed by atoms with Gasteiger partial charge in [0.25, 0.3) is 5.91 Å². The van der Waals surface area contributed by atoms with Crippen LogP contribution < -0.4 is 5.32 Å². The molecule has 0 bridgehead atoms. The Morgan fingerprint density at radius 3 is 2.56 bits per heavy atom. The standard InChI is InChI=1S/C12H8ClFN2O.ClH/c13-9-1-2-10(14)11(7-9)16-12(17)8-3-5-15-6-4-8;/h1-7H,(H,16,17);1H. The average molecular weight is 287 g/mol. The molecule has 0 aliphatic heterocycles. The highest BCUT2D eigenvalue weighted by molar-refractivity contribution is 6.31. The molecule has 1 aromatic heterocycles. The Bertz CT molecular complexity index is 549. The molecule has 1 N–H and O–H groups in total. The number of anilines is 1. The molecule has 18 heavy (non-hydrogen) atoms. The average Bonchev–Trinajstić information content (AvgIpc) is 2.35. The van der Waals surface area contributed by atoms with Crippen LogP contribution >= 0.6 is 24.0 Å². The summed E-state index contributed by atoms with van der Waals surface area (Å²) in [5, 5.41) is 2.80. The van der Waals surface area contributed by atoms with E-state index >= 15 is 0 Å². The molecule has 0 saturated heterocycles. The number of rotatable bonds is 2. The van der Waals surface area contributed by atoms with Gasteiger partial charge in [-0.05, 0) is 30.3 Å². The van der Waals surface area contributed by atoms with Crippen LogP contribution in [0.3, 0.4) is 0 Å². The fourth-order valence-corrected chi connectivity index (χ4v) is 1.46. The van der Waals surface area contributed by atoms with E-state index in [0.29, 0.717) is 10.6 Å². The Morgan fingerprint density at radius 2 is 1.89 bits per heavy atom. The summed E-state index contributed by atoms with van der Waals surface area (Å²) >= 11 is 5.72. The van der Waals surface area contributed by atoms with Crippen molar-refractivity contribution in [1.29, 1.82) is 0 Å². The molecule has 0 aliphatic rings. The molecule has 0 saturated carbocycles. The molecule has 1 heterocycles. The molecule has 3 nitrogen and oxygen atoms in total. The van der Waals surface area contributed by atoms with Crippen molar-refractivity contribution < 1.29 is 9.18 Å². The minimum atomic E-state index is -0.531. The lowest BCUT2D eigenvalue weighted by Crippen LogP contribution is -2.12. The predicted octanol–water partition coefficient (Wildman–Crippen LogP) is 3.55. The minimum Gasteiger partial charge on any atom is -0.319 e. The zero-order chi connectivity index (χ0) is 12.3. The van der Waals surface area contributed by atoms with E-state index in [2.05, 4.69) is 10.3 Å². The molecule has 1 amide bonds. The van der Waals surface area contributed by atoms with Crippen molar-refractivity contribution in [2.45, 2.75) is 0 Å². The van der Waals surface area contributed by atoms with E-state index < -0.39 is 11.7 Å². The molecule has 2 aromatic rings. The van der Waals surface area contributed by atoms with Crippen LogP contribution in [0.25, 0.3) is 0 Å². The number of carbonyl (C=O) groups is 1. The van der Waals surface area contributed by atoms with Crippen molar-refractivity contribution in [1.82, 2.24) is 4.98 Å². The zero-order valence-electron chi connectivity index (χ0n) is 9.06. The molecule has 1 aromatic carbocycles. The molecule has 0 spiro atoms. The highest BCUT2D eigenvalue weighted by Crippen LogP contribution is 2.20. The van der Waals surface area contributed by atoms with Gasteiger partial charge in [0, 0.05) is 23.0 Å². The second kappa shape index (κ2) is 6.33. The largest absolute Gasteiger partial charge is 0.319 e. The first-order valence-corrected chi connectivity index (χ1v) is 5.21. The molecular weight excluding hydrogens is 278 g/mol. The molecular formula is C12H9Cl2FN2O. The maximum Gasteiger partial charge on any atom is 0.255 e. The van der Waals surface area contributed by atoms with Gasteiger partial charge in [-0.15, -0.1) is 12.4 Å². The van der Waals surface area contributed by atoms with Crippen molar-refractivity contribution in [3.63, 3.8) is 0 Å². The molecule has 0 radical (unpaired) electrons. The lowest BCUT2D eigenvalue weighted by atomic mass is 10.2. The SMILES string of the molecule is Cl.O=C(Nc1cc(Cl)ccc1F)c1ccncc1. The molecule has 0 aliphatic carbocycles. The fourth-order valence-electron chi connectivity index (χ4n) is 1.29. The van der Waals surface area contributed by atoms with Crippen LogP contribution in [0.15, 0.2) is 42.7 Å². The first kappa shape index (κ1) is 14.4. The van der Waals surface area contributed by atoms with Gasteiger partial charge in [0.05, 0.1) is 5.69 Å². The summed E-state index contributed by atoms with van der Waals surface area (Å²) in [5.41, 5.74) is 0.457. The van der Waals surface area contributed by atoms with Gasteiger partial charge in [-0.1, -0.05) is 11.6 Å². The van der Waals surface area contributed by atoms with Gasteiger partial charge in [0.2, 0.25) is 0 Å². The molecule has 6 heteroatoms. The van der Waals surface area contributed by atoms with Crippen LogP contribution in [-0.2, 0) is 0 Å². The zero-order valence-corrected chi connectivity index (χ0v) is 10.6. The van der Waals surface area contributed by atoms with Crippen molar-refractivity contribution >= 4 is 35.6 Å². The van der Waals surface area contributed by atoms with E-state index in [4.69, 9.17) is 11.6 Å². The molecule has 0 fully saturated rings. The van der Waals surface area contributed by atoms with Gasteiger partial charge in [-0.25, -0.2) is 4.39 Å². The lowest BCUT2D eigenvalue weighted by Gasteiger charge is -2.06. The summed E-state index contributed by atoms with van der Waals surface area (Å²) < 4.78 is 13.4. The van der Waals surface area contributed by atoms with Gasteiger partial charge < -0.3 is 5.32 Å². The van der Waals surface area contributed by atoms with E-state index in [1.807, 2.05) is 0 Å². The molecule has 94 valence electrons. The summed E-state index contributed by atoms with van der Waals surface area (Å²) in [7, 11) is 0. The van der Waals surface area contributed by atoms with E-state index in [9.17, 15) is 9.18 Å². The Kier molecular flexibility index (Phi) is 5.07. The first-order valence-electron chi connectivity index (χ1n) is 4.83. The topological polar surface area (TPSA) is 42.0 Å². The van der Waals surface area contributed by atoms with Crippen LogP contribution in [0.1, 0.15) is 10.4 Å². The quantitative estimate of drug-likeness (QED) is 0.917. The number of hydrogen-bond acceptors (Lipinski definition) is 2. The summed E-state index contributed by atoms with van der Waals surface area (Å²) in [6.07, 6.45) is 2.98. The van der Waals surface area contributed by atoms with Gasteiger partial charge in [-0.3, -0.25) is 9.78 Å². The number of halogens is 3. The number of amides is 1. The maximum atomic E-state index is 13.4. The summed E-state index contributed by atoms with van der Waals surface area (Å²) in [6.45, 7) is 0. The second-order valence-electron chi connectivity index (χ2n) is 3.31. The predicted molar refractivity (Wildman–Crippen MR) is 70.8 cm³/mol. The van der Waals surface area contributed by atoms with Crippen LogP contribution in [0.2, 0.25) is 5.02 Å². The number of benzene rings is 1. The highest BCUT2D eigenvalue weighted by atomic mass is 35.5. The fraction of sp³-hybridized carbons (Fsp3) is 0. The van der Waals surface area contributed by atoms with Crippen LogP contribution in [0, 0.1) is 5.82 Å². The Hall–Kier alpha value is -1.65. The lowest BCUT2D eigenvalue weighted by molar-refractivity contribution is 0.102. The third kappa shape index (κ3) is 3.42. The molecule has 2 rings (SSSR count). The van der Waals surface area contributed by atoms with E-state index in [0.717, 1.165) is 0 Å². The van der Waals surface area contributed by atoms with Crippen LogP contribution in [0.5, 0.6) is 0 Å². The normalized spacial score (nSPS) is 9.44. The Balaban J connectivity index is 0.00000162. The molecule has 0 unspecified atom stereocenters. The summed E-state index contributed by atoms with van der Waals surface area (Å²) in [6, 6.07) is 7.05. The summed E-state index contributed by atoms with van der Waals surface area (Å²) in [4.78, 5) is 15.5. The van der Waals surface area contributed by atoms with E-state index in [1.54, 1.807) is 0 Å². The number of pyridine rings is 1. The van der Waals surface area contributed by atoms with Crippen molar-refractivity contribution in [3.8, 4) is 0 Å². The van der Waals surface area contributed by atoms with Crippen molar-refractivity contribution in [3.05, 3.63) is 59.1 Å². The third-order valence-electron chi connectivity index (χ3n) is 2.12. The second-order valence-corrected chi connectivity index (χ2v) is 3.75. The van der Waals surface area contributed by atoms with Gasteiger partial charge in [0.15, 0.2) is 0 Å². The van der Waals surface area contributed by atoms with Crippen molar-refractivity contribution in [2.24, 2.45) is 0 Å². The van der Waals surface area contributed by atoms with Crippen LogP contribution in [-0.4, -0.2) is 10.9 Å². The number of hydrogen-bond donors (Lipinski definition) is 1. The minimum absolute atomic E-state index is 0. The Labute approximate surface area is 114 Å². The van der Waals surface area contributed by atoms with Gasteiger partial charge >= 0.3 is 0 Å². The first-order chi connectivity index (χ1) is 8.16. The van der Waals surface area contributed by atoms with Gasteiger partial charge in [0.1, 0.15) is 5.82 Å². The summed E-state index contributed by atoms with van der Waals surface area (Å²) in [5.74, 6) is -0.939. The van der Waals surface area contributed by atoms with Crippen molar-refractivity contribution in [2.75, 3.05) is 5.32 Å². The van der Waals surface area contributed by atoms with E-state index in [1.165, 1.54) is 42.7 Å². The van der Waals surface area contributed by atoms with Gasteiger partial charge in [-0.2, -0.15) is 0 Å². The Morgan fingerprint density at radius 1 is 1.22 bits per heavy atom. The van der Waals surface area contributed by atoms with Crippen LogP contribution in [0.4, 0.5) is 10.1 Å². The van der Waals surface area contributed by atoms with E-state index in [-0.39, 0.29) is 18.1 Å². The molecule has 0 atom stereocenters. The number of nitrogens with zero attached hydrogens (tertiary/aromatic N) is 1. The third-order valence-corrected chi connectivity index (χ3v) is 2.35. The number of aromatic nitrogens is 1. The smallest absolute Gasteiger partial charge is 0.255 e. The highest BCUT2D eigenvalue weighted by Gasteiger charge is 2.09.